The molecule has 4 rings (SSSR count). The van der Waals surface area contributed by atoms with E-state index in [1.807, 2.05) is 37.4 Å². The van der Waals surface area contributed by atoms with E-state index in [1.165, 1.54) is 5.56 Å². The van der Waals surface area contributed by atoms with Crippen molar-refractivity contribution in [2.75, 3.05) is 0 Å². The first-order valence-electron chi connectivity index (χ1n) is 9.42. The lowest BCUT2D eigenvalue weighted by molar-refractivity contribution is -0.118. The fraction of sp³-hybridized carbons (Fsp3) is 0.364. The molecule has 1 aromatic carbocycles. The maximum atomic E-state index is 12.5. The van der Waals surface area contributed by atoms with Gasteiger partial charge in [-0.2, -0.15) is 0 Å². The Labute approximate surface area is 159 Å². The summed E-state index contributed by atoms with van der Waals surface area (Å²) in [5, 5.41) is 4.13. The van der Waals surface area contributed by atoms with Crippen LogP contribution in [-0.4, -0.2) is 28.3 Å². The third-order valence-electron chi connectivity index (χ3n) is 5.09. The molecular formula is C22H23N3O2. The molecular weight excluding hydrogens is 338 g/mol. The lowest BCUT2D eigenvalue weighted by Gasteiger charge is -2.11. The molecule has 0 saturated carbocycles. The molecule has 3 heterocycles. The fourth-order valence-electron chi connectivity index (χ4n) is 3.64. The number of benzene rings is 1. The van der Waals surface area contributed by atoms with Crippen LogP contribution in [0.2, 0.25) is 0 Å². The van der Waals surface area contributed by atoms with Crippen molar-refractivity contribution in [2.24, 2.45) is 10.1 Å². The van der Waals surface area contributed by atoms with Crippen LogP contribution >= 0.6 is 0 Å². The summed E-state index contributed by atoms with van der Waals surface area (Å²) in [7, 11) is 0. The molecule has 5 nitrogen and oxygen atoms in total. The smallest absolute Gasteiger partial charge is 0.139 e. The summed E-state index contributed by atoms with van der Waals surface area (Å²) in [5.41, 5.74) is 5.91. The van der Waals surface area contributed by atoms with Crippen LogP contribution in [0.5, 0.6) is 0 Å². The molecule has 0 aliphatic carbocycles. The highest BCUT2D eigenvalue weighted by Crippen LogP contribution is 2.24. The van der Waals surface area contributed by atoms with Gasteiger partial charge in [-0.3, -0.25) is 14.8 Å². The van der Waals surface area contributed by atoms with Crippen molar-refractivity contribution in [2.45, 2.75) is 51.7 Å². The molecule has 2 aromatic rings. The van der Waals surface area contributed by atoms with Crippen LogP contribution in [0.25, 0.3) is 0 Å². The van der Waals surface area contributed by atoms with Crippen LogP contribution in [0.15, 0.2) is 52.7 Å². The Morgan fingerprint density at radius 3 is 2.85 bits per heavy atom. The van der Waals surface area contributed by atoms with Crippen molar-refractivity contribution in [3.8, 4) is 0 Å². The summed E-state index contributed by atoms with van der Waals surface area (Å²) in [4.78, 5) is 26.9. The lowest BCUT2D eigenvalue weighted by Crippen LogP contribution is -2.15. The number of pyridine rings is 1. The molecule has 1 unspecified atom stereocenters. The average molecular weight is 361 g/mol. The number of ketones is 1. The van der Waals surface area contributed by atoms with Gasteiger partial charge in [0.05, 0.1) is 12.3 Å². The zero-order valence-corrected chi connectivity index (χ0v) is 15.7. The number of fused-ring (bicyclic) bond motifs is 1. The molecule has 1 aromatic heterocycles. The number of hydrogen-bond acceptors (Lipinski definition) is 5. The molecule has 2 aliphatic rings. The quantitative estimate of drug-likeness (QED) is 0.785. The van der Waals surface area contributed by atoms with E-state index in [9.17, 15) is 4.79 Å². The summed E-state index contributed by atoms with van der Waals surface area (Å²) >= 11 is 0. The Bertz CT molecular complexity index is 918. The van der Waals surface area contributed by atoms with Crippen LogP contribution < -0.4 is 0 Å². The van der Waals surface area contributed by atoms with E-state index in [-0.39, 0.29) is 17.8 Å². The van der Waals surface area contributed by atoms with Gasteiger partial charge in [0.25, 0.3) is 0 Å². The van der Waals surface area contributed by atoms with E-state index in [1.54, 1.807) is 0 Å². The number of aliphatic imine (C=N–C) groups is 1. The highest BCUT2D eigenvalue weighted by Gasteiger charge is 2.27. The average Bonchev–Trinajstić information content (AvgIpc) is 3.27. The number of carbonyl (C=O) groups excluding carboxylic acids is 1. The van der Waals surface area contributed by atoms with Gasteiger partial charge in [0.2, 0.25) is 0 Å². The van der Waals surface area contributed by atoms with Gasteiger partial charge in [-0.15, -0.1) is 0 Å². The topological polar surface area (TPSA) is 63.9 Å². The molecule has 2 atom stereocenters. The largest absolute Gasteiger partial charge is 0.392 e. The molecule has 5 heteroatoms. The monoisotopic (exact) mass is 361 g/mol. The minimum Gasteiger partial charge on any atom is -0.392 e. The molecule has 0 saturated heterocycles. The molecule has 2 aliphatic heterocycles. The first-order valence-corrected chi connectivity index (χ1v) is 9.42. The summed E-state index contributed by atoms with van der Waals surface area (Å²) in [6, 6.07) is 12.2. The Morgan fingerprint density at radius 1 is 1.30 bits per heavy atom. The molecule has 0 bridgehead atoms. The van der Waals surface area contributed by atoms with E-state index in [0.717, 1.165) is 34.7 Å². The number of rotatable bonds is 6. The number of hydrogen-bond donors (Lipinski definition) is 0. The van der Waals surface area contributed by atoms with E-state index in [2.05, 4.69) is 34.2 Å². The molecule has 138 valence electrons. The van der Waals surface area contributed by atoms with Gasteiger partial charge in [0.1, 0.15) is 17.6 Å². The second-order valence-corrected chi connectivity index (χ2v) is 7.39. The minimum absolute atomic E-state index is 0.100. The van der Waals surface area contributed by atoms with Crippen molar-refractivity contribution in [3.05, 3.63) is 65.0 Å². The number of aromatic nitrogens is 1. The van der Waals surface area contributed by atoms with Gasteiger partial charge in [0.15, 0.2) is 0 Å². The number of nitrogens with zero attached hydrogens (tertiary/aromatic N) is 3. The standard InChI is InChI=1S/C22H23N3O2/c1-14(16-6-4-3-5-7-16)8-19(26)11-18-10-17-12-24-22(20(17)13-23-18)21-9-15(2)27-25-21/h3-7,10,13-15H,8-9,11-12H2,1-2H3/t14-,15?/m0/s1. The number of Topliss-reactive ketones (excluding diaryl/α,β-unsaturated/α-hetero) is 1. The van der Waals surface area contributed by atoms with Crippen LogP contribution in [-0.2, 0) is 22.6 Å². The van der Waals surface area contributed by atoms with Crippen molar-refractivity contribution in [1.82, 2.24) is 4.98 Å². The molecule has 0 fully saturated rings. The predicted molar refractivity (Wildman–Crippen MR) is 105 cm³/mol. The zero-order valence-electron chi connectivity index (χ0n) is 15.7. The molecule has 0 N–H and O–H groups in total. The summed E-state index contributed by atoms with van der Waals surface area (Å²) < 4.78 is 0. The molecule has 0 radical (unpaired) electrons. The number of oxime groups is 1. The van der Waals surface area contributed by atoms with Gasteiger partial charge in [-0.1, -0.05) is 42.4 Å². The SMILES string of the molecule is CC1CC(C2=NCc3cc(CC(=O)C[C@H](C)c4ccccc4)ncc32)=NO1. The Morgan fingerprint density at radius 2 is 2.11 bits per heavy atom. The normalized spacial score (nSPS) is 19.1. The third-order valence-corrected chi connectivity index (χ3v) is 5.09. The number of carbonyl (C=O) groups is 1. The Hall–Kier alpha value is -2.82. The first kappa shape index (κ1) is 17.6. The third kappa shape index (κ3) is 3.82. The first-order chi connectivity index (χ1) is 13.1. The van der Waals surface area contributed by atoms with Crippen molar-refractivity contribution in [3.63, 3.8) is 0 Å². The molecule has 27 heavy (non-hydrogen) atoms. The maximum absolute atomic E-state index is 12.5. The molecule has 0 amide bonds. The van der Waals surface area contributed by atoms with E-state index >= 15 is 0 Å². The Kier molecular flexibility index (Phi) is 4.84. The fourth-order valence-corrected chi connectivity index (χ4v) is 3.64. The highest BCUT2D eigenvalue weighted by molar-refractivity contribution is 6.49. The van der Waals surface area contributed by atoms with Crippen LogP contribution in [0.4, 0.5) is 0 Å². The van der Waals surface area contributed by atoms with Gasteiger partial charge in [-0.05, 0) is 30.0 Å². The van der Waals surface area contributed by atoms with E-state index < -0.39 is 0 Å². The second-order valence-electron chi connectivity index (χ2n) is 7.39. The zero-order chi connectivity index (χ0) is 18.8. The van der Waals surface area contributed by atoms with Gasteiger partial charge in [0, 0.05) is 36.7 Å². The van der Waals surface area contributed by atoms with E-state index in [4.69, 9.17) is 4.84 Å². The highest BCUT2D eigenvalue weighted by atomic mass is 16.6. The van der Waals surface area contributed by atoms with Crippen LogP contribution in [0, 0.1) is 0 Å². The van der Waals surface area contributed by atoms with E-state index in [0.29, 0.717) is 19.4 Å². The summed E-state index contributed by atoms with van der Waals surface area (Å²) in [6.45, 7) is 4.70. The maximum Gasteiger partial charge on any atom is 0.139 e. The molecule has 0 spiro atoms. The van der Waals surface area contributed by atoms with Crippen molar-refractivity contribution < 1.29 is 9.63 Å². The van der Waals surface area contributed by atoms with Gasteiger partial charge >= 0.3 is 0 Å². The summed E-state index contributed by atoms with van der Waals surface area (Å²) in [6.07, 6.45) is 3.59. The van der Waals surface area contributed by atoms with Gasteiger partial charge in [-0.25, -0.2) is 0 Å². The predicted octanol–water partition coefficient (Wildman–Crippen LogP) is 3.85. The second kappa shape index (κ2) is 7.43. The van der Waals surface area contributed by atoms with Crippen LogP contribution in [0.3, 0.4) is 0 Å². The Balaban J connectivity index is 1.41. The lowest BCUT2D eigenvalue weighted by atomic mass is 9.94. The summed E-state index contributed by atoms with van der Waals surface area (Å²) in [5.74, 6) is 0.422. The van der Waals surface area contributed by atoms with Gasteiger partial charge < -0.3 is 4.84 Å². The minimum atomic E-state index is 0.100. The van der Waals surface area contributed by atoms with Crippen molar-refractivity contribution in [1.29, 1.82) is 0 Å². The van der Waals surface area contributed by atoms with Crippen LogP contribution in [0.1, 0.15) is 55.0 Å². The van der Waals surface area contributed by atoms with Crippen molar-refractivity contribution >= 4 is 17.2 Å².